The van der Waals surface area contributed by atoms with Gasteiger partial charge in [-0.1, -0.05) is 15.9 Å². The zero-order valence-corrected chi connectivity index (χ0v) is 11.6. The molecule has 16 heavy (non-hydrogen) atoms. The van der Waals surface area contributed by atoms with Crippen LogP contribution in [0.3, 0.4) is 0 Å². The zero-order chi connectivity index (χ0) is 12.9. The standard InChI is InChI=1S/C10H18BrNO4/c1-10(2,3)16-9(15)12(4)7(5-6-11)8(13)14/h7H,5-6H2,1-4H3,(H,13,14). The van der Waals surface area contributed by atoms with E-state index in [9.17, 15) is 9.59 Å². The Labute approximate surface area is 104 Å². The molecule has 5 nitrogen and oxygen atoms in total. The van der Waals surface area contributed by atoms with Crippen molar-refractivity contribution >= 4 is 28.0 Å². The molecule has 0 rings (SSSR count). The van der Waals surface area contributed by atoms with Crippen molar-refractivity contribution in [2.75, 3.05) is 12.4 Å². The highest BCUT2D eigenvalue weighted by Gasteiger charge is 2.29. The molecule has 0 saturated heterocycles. The van der Waals surface area contributed by atoms with Crippen molar-refractivity contribution in [1.82, 2.24) is 4.90 Å². The Morgan fingerprint density at radius 2 is 1.94 bits per heavy atom. The number of likely N-dealkylation sites (N-methyl/N-ethyl adjacent to an activating group) is 1. The van der Waals surface area contributed by atoms with Crippen molar-refractivity contribution in [3.05, 3.63) is 0 Å². The van der Waals surface area contributed by atoms with E-state index in [4.69, 9.17) is 9.84 Å². The number of aliphatic carboxylic acids is 1. The number of carboxylic acid groups (broad SMARTS) is 1. The van der Waals surface area contributed by atoms with E-state index in [2.05, 4.69) is 15.9 Å². The Morgan fingerprint density at radius 3 is 2.25 bits per heavy atom. The molecule has 0 aromatic carbocycles. The molecule has 1 N–H and O–H groups in total. The first-order valence-corrected chi connectivity index (χ1v) is 6.05. The van der Waals surface area contributed by atoms with Gasteiger partial charge in [-0.15, -0.1) is 0 Å². The maximum absolute atomic E-state index is 11.6. The Morgan fingerprint density at radius 1 is 1.44 bits per heavy atom. The summed E-state index contributed by atoms with van der Waals surface area (Å²) in [5.74, 6) is -1.03. The average molecular weight is 296 g/mol. The van der Waals surface area contributed by atoms with Crippen LogP contribution >= 0.6 is 15.9 Å². The highest BCUT2D eigenvalue weighted by atomic mass is 79.9. The molecule has 0 bridgehead atoms. The summed E-state index contributed by atoms with van der Waals surface area (Å²) in [5.41, 5.74) is -0.622. The van der Waals surface area contributed by atoms with Crippen LogP contribution in [-0.2, 0) is 9.53 Å². The van der Waals surface area contributed by atoms with Gasteiger partial charge in [-0.25, -0.2) is 9.59 Å². The molecule has 0 aromatic heterocycles. The molecule has 0 radical (unpaired) electrons. The molecule has 0 aromatic rings. The summed E-state index contributed by atoms with van der Waals surface area (Å²) in [7, 11) is 1.43. The Hall–Kier alpha value is -0.780. The van der Waals surface area contributed by atoms with Gasteiger partial charge in [0.2, 0.25) is 0 Å². The van der Waals surface area contributed by atoms with Crippen molar-refractivity contribution in [3.8, 4) is 0 Å². The lowest BCUT2D eigenvalue weighted by molar-refractivity contribution is -0.142. The fourth-order valence-electron chi connectivity index (χ4n) is 1.05. The highest BCUT2D eigenvalue weighted by molar-refractivity contribution is 9.09. The fourth-order valence-corrected chi connectivity index (χ4v) is 1.48. The lowest BCUT2D eigenvalue weighted by Gasteiger charge is -2.28. The summed E-state index contributed by atoms with van der Waals surface area (Å²) in [6, 6.07) is -0.866. The van der Waals surface area contributed by atoms with Crippen LogP contribution in [-0.4, -0.2) is 46.1 Å². The van der Waals surface area contributed by atoms with E-state index in [1.54, 1.807) is 20.8 Å². The number of carboxylic acids is 1. The van der Waals surface area contributed by atoms with Crippen LogP contribution in [0.5, 0.6) is 0 Å². The van der Waals surface area contributed by atoms with Gasteiger partial charge in [-0.05, 0) is 27.2 Å². The molecule has 0 aliphatic heterocycles. The van der Waals surface area contributed by atoms with E-state index in [1.807, 2.05) is 0 Å². The van der Waals surface area contributed by atoms with E-state index in [0.717, 1.165) is 4.90 Å². The largest absolute Gasteiger partial charge is 0.480 e. The number of nitrogens with zero attached hydrogens (tertiary/aromatic N) is 1. The quantitative estimate of drug-likeness (QED) is 0.807. The first kappa shape index (κ1) is 15.2. The van der Waals surface area contributed by atoms with Crippen LogP contribution in [0.4, 0.5) is 4.79 Å². The van der Waals surface area contributed by atoms with Crippen LogP contribution in [0, 0.1) is 0 Å². The number of hydrogen-bond acceptors (Lipinski definition) is 3. The lowest BCUT2D eigenvalue weighted by Crippen LogP contribution is -2.45. The first-order chi connectivity index (χ1) is 7.19. The molecule has 0 saturated carbocycles. The molecule has 0 heterocycles. The molecule has 0 fully saturated rings. The van der Waals surface area contributed by atoms with E-state index >= 15 is 0 Å². The predicted molar refractivity (Wildman–Crippen MR) is 63.8 cm³/mol. The summed E-state index contributed by atoms with van der Waals surface area (Å²) in [6.45, 7) is 5.21. The number of hydrogen-bond donors (Lipinski definition) is 1. The molecule has 0 aliphatic carbocycles. The normalized spacial score (nSPS) is 13.1. The smallest absolute Gasteiger partial charge is 0.410 e. The predicted octanol–water partition coefficient (Wildman–Crippen LogP) is 2.09. The van der Waals surface area contributed by atoms with Crippen LogP contribution < -0.4 is 0 Å². The van der Waals surface area contributed by atoms with Gasteiger partial charge in [0.1, 0.15) is 11.6 Å². The van der Waals surface area contributed by atoms with Gasteiger partial charge < -0.3 is 9.84 Å². The number of carbonyl (C=O) groups excluding carboxylic acids is 1. The summed E-state index contributed by atoms with van der Waals surface area (Å²) in [4.78, 5) is 23.6. The zero-order valence-electron chi connectivity index (χ0n) is 9.99. The summed E-state index contributed by atoms with van der Waals surface area (Å²) >= 11 is 3.16. The molecule has 0 aliphatic rings. The number of carbonyl (C=O) groups is 2. The maximum Gasteiger partial charge on any atom is 0.410 e. The second-order valence-corrected chi connectivity index (χ2v) is 5.22. The SMILES string of the molecule is CN(C(=O)OC(C)(C)C)C(CCBr)C(=O)O. The number of ether oxygens (including phenoxy) is 1. The average Bonchev–Trinajstić information content (AvgIpc) is 2.09. The van der Waals surface area contributed by atoms with Crippen LogP contribution in [0.1, 0.15) is 27.2 Å². The molecule has 0 spiro atoms. The summed E-state index contributed by atoms with van der Waals surface area (Å²) < 4.78 is 5.09. The second kappa shape index (κ2) is 6.08. The minimum atomic E-state index is -1.03. The lowest BCUT2D eigenvalue weighted by atomic mass is 10.2. The van der Waals surface area contributed by atoms with Crippen LogP contribution in [0.2, 0.25) is 0 Å². The molecule has 94 valence electrons. The minimum absolute atomic E-state index is 0.338. The van der Waals surface area contributed by atoms with Gasteiger partial charge in [-0.2, -0.15) is 0 Å². The number of alkyl halides is 1. The Balaban J connectivity index is 4.55. The van der Waals surface area contributed by atoms with Gasteiger partial charge in [0, 0.05) is 12.4 Å². The van der Waals surface area contributed by atoms with Crippen molar-refractivity contribution in [1.29, 1.82) is 0 Å². The third kappa shape index (κ3) is 5.34. The highest BCUT2D eigenvalue weighted by Crippen LogP contribution is 2.12. The number of halogens is 1. The second-order valence-electron chi connectivity index (χ2n) is 4.42. The molecule has 1 amide bonds. The molecular formula is C10H18BrNO4. The van der Waals surface area contributed by atoms with E-state index in [0.29, 0.717) is 11.8 Å². The van der Waals surface area contributed by atoms with E-state index < -0.39 is 23.7 Å². The molecule has 1 atom stereocenters. The van der Waals surface area contributed by atoms with Gasteiger partial charge in [-0.3, -0.25) is 4.90 Å². The van der Waals surface area contributed by atoms with Crippen molar-refractivity contribution < 1.29 is 19.4 Å². The van der Waals surface area contributed by atoms with Crippen molar-refractivity contribution in [2.24, 2.45) is 0 Å². The molecule has 1 unspecified atom stereocenters. The number of rotatable bonds is 4. The van der Waals surface area contributed by atoms with E-state index in [-0.39, 0.29) is 0 Å². The van der Waals surface area contributed by atoms with Crippen LogP contribution in [0.25, 0.3) is 0 Å². The molecular weight excluding hydrogens is 278 g/mol. The fraction of sp³-hybridized carbons (Fsp3) is 0.800. The van der Waals surface area contributed by atoms with Gasteiger partial charge in [0.15, 0.2) is 0 Å². The maximum atomic E-state index is 11.6. The minimum Gasteiger partial charge on any atom is -0.480 e. The Bertz CT molecular complexity index is 262. The van der Waals surface area contributed by atoms with Crippen LogP contribution in [0.15, 0.2) is 0 Å². The third-order valence-electron chi connectivity index (χ3n) is 1.82. The summed E-state index contributed by atoms with van der Waals surface area (Å²) in [5, 5.41) is 9.46. The Kier molecular flexibility index (Phi) is 5.78. The third-order valence-corrected chi connectivity index (χ3v) is 2.27. The summed E-state index contributed by atoms with van der Waals surface area (Å²) in [6.07, 6.45) is -0.286. The van der Waals surface area contributed by atoms with Gasteiger partial charge >= 0.3 is 12.1 Å². The van der Waals surface area contributed by atoms with Gasteiger partial charge in [0.25, 0.3) is 0 Å². The molecule has 6 heteroatoms. The van der Waals surface area contributed by atoms with Crippen molar-refractivity contribution in [2.45, 2.75) is 38.8 Å². The number of amides is 1. The monoisotopic (exact) mass is 295 g/mol. The van der Waals surface area contributed by atoms with E-state index in [1.165, 1.54) is 7.05 Å². The topological polar surface area (TPSA) is 66.8 Å². The van der Waals surface area contributed by atoms with Crippen molar-refractivity contribution in [3.63, 3.8) is 0 Å². The first-order valence-electron chi connectivity index (χ1n) is 4.93. The van der Waals surface area contributed by atoms with Gasteiger partial charge in [0.05, 0.1) is 0 Å².